The number of amides is 5. The van der Waals surface area contributed by atoms with E-state index in [0.717, 1.165) is 83.8 Å². The molecule has 6 N–H and O–H groups in total. The van der Waals surface area contributed by atoms with Gasteiger partial charge in [0.05, 0.1) is 81.2 Å². The van der Waals surface area contributed by atoms with E-state index in [2.05, 4.69) is 37.4 Å². The van der Waals surface area contributed by atoms with Gasteiger partial charge < -0.3 is 70.1 Å². The van der Waals surface area contributed by atoms with Gasteiger partial charge in [-0.2, -0.15) is 4.98 Å². The number of benzene rings is 4. The fourth-order valence-electron chi connectivity index (χ4n) is 11.3. The summed E-state index contributed by atoms with van der Waals surface area (Å²) < 4.78 is 60.5. The lowest BCUT2D eigenvalue weighted by atomic mass is 9.83. The number of hydrogen-bond acceptors (Lipinski definition) is 17. The monoisotopic (exact) mass is 1240 g/mol. The Bertz CT molecular complexity index is 3310. The molecule has 0 unspecified atom stereocenters. The second-order valence-corrected chi connectivity index (χ2v) is 23.2. The molecule has 3 fully saturated rings. The van der Waals surface area contributed by atoms with Crippen molar-refractivity contribution in [3.05, 3.63) is 87.7 Å². The van der Waals surface area contributed by atoms with Crippen LogP contribution in [-0.2, 0) is 33.3 Å². The maximum atomic E-state index is 16.5. The van der Waals surface area contributed by atoms with Crippen LogP contribution < -0.4 is 31.3 Å². The van der Waals surface area contributed by atoms with Crippen LogP contribution in [0.25, 0.3) is 44.1 Å². The lowest BCUT2D eigenvalue weighted by Crippen LogP contribution is -2.55. The first kappa shape index (κ1) is 64.4. The van der Waals surface area contributed by atoms with Gasteiger partial charge in [-0.15, -0.1) is 11.3 Å². The number of nitrogens with zero attached hydrogens (tertiary/aromatic N) is 7. The molecule has 87 heavy (non-hydrogen) atoms. The molecule has 2 saturated heterocycles. The van der Waals surface area contributed by atoms with Crippen LogP contribution in [0.4, 0.5) is 25.3 Å². The van der Waals surface area contributed by atoms with Gasteiger partial charge in [-0.05, 0) is 81.3 Å². The lowest BCUT2D eigenvalue weighted by Gasteiger charge is -2.35. The van der Waals surface area contributed by atoms with E-state index in [1.54, 1.807) is 25.4 Å². The fraction of sp³-hybridized carbons (Fsp3) is 0.500. The summed E-state index contributed by atoms with van der Waals surface area (Å²) in [5, 5.41) is 24.7. The lowest BCUT2D eigenvalue weighted by molar-refractivity contribution is -0.139. The number of anilines is 2. The molecule has 5 amide bonds. The molecule has 1 saturated carbocycles. The summed E-state index contributed by atoms with van der Waals surface area (Å²) in [4.78, 5) is 73.4. The van der Waals surface area contributed by atoms with Crippen LogP contribution in [0.15, 0.2) is 66.0 Å². The second kappa shape index (κ2) is 31.2. The van der Waals surface area contributed by atoms with Gasteiger partial charge in [0.1, 0.15) is 46.3 Å². The van der Waals surface area contributed by atoms with Crippen LogP contribution >= 0.6 is 22.9 Å². The zero-order chi connectivity index (χ0) is 61.4. The maximum Gasteiger partial charge on any atom is 0.314 e. The normalized spacial score (nSPS) is 16.3. The number of fused-ring (bicyclic) bond motifs is 2. The van der Waals surface area contributed by atoms with E-state index >= 15 is 8.78 Å². The van der Waals surface area contributed by atoms with E-state index in [1.807, 2.05) is 47.1 Å². The van der Waals surface area contributed by atoms with Crippen molar-refractivity contribution in [1.29, 1.82) is 0 Å². The minimum atomic E-state index is -0.971. The Morgan fingerprint density at radius 3 is 2.18 bits per heavy atom. The third-order valence-corrected chi connectivity index (χ3v) is 17.5. The molecule has 468 valence electrons. The molecular weight excluding hydrogens is 1160 g/mol. The van der Waals surface area contributed by atoms with Crippen LogP contribution in [0.2, 0.25) is 5.02 Å². The van der Waals surface area contributed by atoms with Gasteiger partial charge in [0.15, 0.2) is 5.82 Å². The summed E-state index contributed by atoms with van der Waals surface area (Å²) >= 11 is 8.14. The Hall–Kier alpha value is -7.06. The fourth-order valence-corrected chi connectivity index (χ4v) is 12.6. The second-order valence-electron chi connectivity index (χ2n) is 21.9. The number of urea groups is 1. The Labute approximate surface area is 514 Å². The molecule has 25 heteroatoms. The first-order valence-electron chi connectivity index (χ1n) is 29.9. The van der Waals surface area contributed by atoms with Gasteiger partial charge in [0.2, 0.25) is 23.7 Å². The highest BCUT2D eigenvalue weighted by atomic mass is 35.5. The number of rotatable bonds is 29. The predicted octanol–water partition coefficient (Wildman–Crippen LogP) is 8.15. The first-order chi connectivity index (χ1) is 42.2. The van der Waals surface area contributed by atoms with Crippen LogP contribution in [0.5, 0.6) is 11.5 Å². The first-order valence-corrected chi connectivity index (χ1v) is 31.1. The summed E-state index contributed by atoms with van der Waals surface area (Å²) in [7, 11) is 3.41. The molecule has 0 bridgehead atoms. The highest BCUT2D eigenvalue weighted by Crippen LogP contribution is 2.44. The molecular formula is C62H78ClF2N11O10S. The number of aromatic nitrogens is 3. The van der Waals surface area contributed by atoms with Gasteiger partial charge >= 0.3 is 6.03 Å². The average Bonchev–Trinajstić information content (AvgIpc) is 3.34. The van der Waals surface area contributed by atoms with Crippen LogP contribution in [0.3, 0.4) is 0 Å². The third kappa shape index (κ3) is 16.2. The molecule has 21 nitrogen and oxygen atoms in total. The molecule has 2 aromatic heterocycles. The number of halogens is 3. The van der Waals surface area contributed by atoms with E-state index in [0.29, 0.717) is 84.9 Å². The van der Waals surface area contributed by atoms with Crippen LogP contribution in [0, 0.1) is 17.6 Å². The summed E-state index contributed by atoms with van der Waals surface area (Å²) in [5.74, 6) is -1.52. The minimum absolute atomic E-state index is 0.00269. The molecule has 1 aliphatic carbocycles. The Balaban J connectivity index is 0.649. The molecule has 3 aliphatic rings. The molecule has 4 aromatic carbocycles. The predicted molar refractivity (Wildman–Crippen MR) is 330 cm³/mol. The number of ether oxygens (including phenoxy) is 5. The third-order valence-electron chi connectivity index (χ3n) is 16.2. The van der Waals surface area contributed by atoms with Crippen molar-refractivity contribution in [2.45, 2.75) is 76.4 Å². The Morgan fingerprint density at radius 2 is 1.49 bits per heavy atom. The molecule has 9 rings (SSSR count). The van der Waals surface area contributed by atoms with Crippen molar-refractivity contribution in [3.63, 3.8) is 0 Å². The van der Waals surface area contributed by atoms with E-state index in [4.69, 9.17) is 46.0 Å². The molecule has 4 heterocycles. The largest absolute Gasteiger partial charge is 0.507 e. The number of piperazine rings is 1. The van der Waals surface area contributed by atoms with Crippen LogP contribution in [-0.4, -0.2) is 190 Å². The highest BCUT2D eigenvalue weighted by Gasteiger charge is 2.40. The van der Waals surface area contributed by atoms with Gasteiger partial charge in [-0.1, -0.05) is 61.2 Å². The van der Waals surface area contributed by atoms with E-state index in [1.165, 1.54) is 28.0 Å². The number of likely N-dealkylation sites (tertiary alicyclic amines) is 1. The number of primary amides is 1. The summed E-state index contributed by atoms with van der Waals surface area (Å²) in [6.45, 7) is 7.25. The molecule has 0 spiro atoms. The molecule has 2 aliphatic heterocycles. The van der Waals surface area contributed by atoms with Gasteiger partial charge in [-0.25, -0.2) is 23.5 Å². The highest BCUT2D eigenvalue weighted by molar-refractivity contribution is 7.10. The summed E-state index contributed by atoms with van der Waals surface area (Å²) in [6, 6.07) is 15.5. The number of phenolic OH excluding ortho intramolecular Hbond substituents is 1. The summed E-state index contributed by atoms with van der Waals surface area (Å²) in [5.41, 5.74) is 6.36. The van der Waals surface area contributed by atoms with Gasteiger partial charge in [-0.3, -0.25) is 14.4 Å². The number of nitrogens with one attached hydrogen (secondary N) is 3. The van der Waals surface area contributed by atoms with E-state index < -0.39 is 41.1 Å². The minimum Gasteiger partial charge on any atom is -0.507 e. The van der Waals surface area contributed by atoms with Crippen molar-refractivity contribution in [2.24, 2.45) is 11.7 Å². The van der Waals surface area contributed by atoms with Crippen molar-refractivity contribution >= 4 is 80.1 Å². The SMILES string of the molecule is CN[C@@H](C)C(=O)N[C@H](C(=O)N1CCC[C@H]1c1nc(-c2ccc(OCCOCCOCCOCCOCCN(C)C(=O)CCNc3nc(N4CCN(C(N)=O)CC4)c4cc(Cl)c(-c5c(O)cccc5F)c(F)c4n3)c3ccccc23)cs1)C1CCCCC1. The summed E-state index contributed by atoms with van der Waals surface area (Å²) in [6.07, 6.45) is 6.91. The zero-order valence-corrected chi connectivity index (χ0v) is 51.1. The Morgan fingerprint density at radius 1 is 0.805 bits per heavy atom. The molecule has 0 radical (unpaired) electrons. The van der Waals surface area contributed by atoms with Gasteiger partial charge in [0, 0.05) is 86.6 Å². The van der Waals surface area contributed by atoms with Gasteiger partial charge in [0.25, 0.3) is 0 Å². The Kier molecular flexibility index (Phi) is 23.1. The number of nitrogens with two attached hydrogens (primary N) is 1. The average molecular weight is 1240 g/mol. The number of phenols is 1. The van der Waals surface area contributed by atoms with Crippen molar-refractivity contribution in [2.75, 3.05) is 130 Å². The van der Waals surface area contributed by atoms with E-state index in [-0.39, 0.29) is 89.8 Å². The quantitative estimate of drug-likeness (QED) is 0.0278. The molecule has 6 aromatic rings. The number of hydrogen-bond donors (Lipinski definition) is 5. The van der Waals surface area contributed by atoms with Crippen LogP contribution in [0.1, 0.15) is 69.3 Å². The number of thiazole rings is 1. The number of likely N-dealkylation sites (N-methyl/N-ethyl adjacent to an activating group) is 2. The van der Waals surface area contributed by atoms with Crippen molar-refractivity contribution < 1.29 is 56.7 Å². The standard InChI is InChI=1S/C62H78ClF2N11O10S/c1-39(67-2)58(79)70-55(40-11-5-4-6-12-40)60(80)76-22-10-16-48(76)59-69-47(38-87-59)42-18-19-50(43-14-8-7-13-41(42)43)86-36-35-85-34-33-84-32-31-83-30-29-82-28-27-73(3)51(78)20-21-68-62-71-56-44(57(72-62)74-23-25-75(26-24-74)61(66)81)37-45(63)52(54(56)65)53-46(64)15-9-17-49(53)77/h7-9,13-15,17-19,37-40,48,55,67,77H,4-6,10-12,16,20-36H2,1-3H3,(H2,66,81)(H,70,79)(H,68,71,72)/t39-,48-,55-/m0/s1. The maximum absolute atomic E-state index is 16.5. The number of carbonyl (C=O) groups excluding carboxylic acids is 4. The smallest absolute Gasteiger partial charge is 0.314 e. The number of aromatic hydroxyl groups is 1. The zero-order valence-electron chi connectivity index (χ0n) is 49.5. The topological polar surface area (TPSA) is 248 Å². The molecule has 3 atom stereocenters. The van der Waals surface area contributed by atoms with E-state index in [9.17, 15) is 24.3 Å². The van der Waals surface area contributed by atoms with Crippen molar-refractivity contribution in [1.82, 2.24) is 40.3 Å². The number of carbonyl (C=O) groups is 4. The van der Waals surface area contributed by atoms with Crippen molar-refractivity contribution in [3.8, 4) is 33.9 Å².